The van der Waals surface area contributed by atoms with Crippen LogP contribution in [0.2, 0.25) is 0 Å². The Morgan fingerprint density at radius 1 is 1.42 bits per heavy atom. The van der Waals surface area contributed by atoms with Crippen molar-refractivity contribution in [3.63, 3.8) is 0 Å². The monoisotopic (exact) mass is 272 g/mol. The van der Waals surface area contributed by atoms with E-state index in [-0.39, 0.29) is 12.5 Å². The fourth-order valence-corrected chi connectivity index (χ4v) is 2.16. The van der Waals surface area contributed by atoms with Crippen LogP contribution in [-0.4, -0.2) is 41.4 Å². The average Bonchev–Trinajstić information content (AvgIpc) is 2.26. The summed E-state index contributed by atoms with van der Waals surface area (Å²) in [7, 11) is 0. The fraction of sp³-hybridized carbons (Fsp3) is 0.846. The molecule has 0 aromatic rings. The minimum atomic E-state index is -0.923. The Morgan fingerprint density at radius 3 is 2.58 bits per heavy atom. The van der Waals surface area contributed by atoms with Crippen molar-refractivity contribution in [2.45, 2.75) is 64.1 Å². The summed E-state index contributed by atoms with van der Waals surface area (Å²) >= 11 is 0. The summed E-state index contributed by atoms with van der Waals surface area (Å²) in [5.74, 6) is -0.923. The number of hydrogen-bond donors (Lipinski definition) is 3. The zero-order valence-electron chi connectivity index (χ0n) is 11.9. The van der Waals surface area contributed by atoms with Gasteiger partial charge in [-0.1, -0.05) is 6.42 Å². The summed E-state index contributed by atoms with van der Waals surface area (Å²) < 4.78 is 5.17. The van der Waals surface area contributed by atoms with Gasteiger partial charge in [-0.15, -0.1) is 0 Å². The molecule has 0 aliphatic carbocycles. The van der Waals surface area contributed by atoms with Crippen LogP contribution < -0.4 is 10.6 Å². The number of hydrogen-bond acceptors (Lipinski definition) is 4. The van der Waals surface area contributed by atoms with Crippen LogP contribution in [0.1, 0.15) is 46.5 Å². The van der Waals surface area contributed by atoms with Crippen LogP contribution in [-0.2, 0) is 9.53 Å². The molecule has 1 rings (SSSR count). The first kappa shape index (κ1) is 15.8. The highest BCUT2D eigenvalue weighted by molar-refractivity contribution is 5.71. The van der Waals surface area contributed by atoms with Gasteiger partial charge in [0.2, 0.25) is 0 Å². The van der Waals surface area contributed by atoms with Crippen LogP contribution >= 0.6 is 0 Å². The lowest BCUT2D eigenvalue weighted by Gasteiger charge is -2.31. The maximum Gasteiger partial charge on any atom is 0.407 e. The Bertz CT molecular complexity index is 319. The summed E-state index contributed by atoms with van der Waals surface area (Å²) in [5.41, 5.74) is -0.585. The summed E-state index contributed by atoms with van der Waals surface area (Å²) in [5, 5.41) is 14.9. The van der Waals surface area contributed by atoms with Gasteiger partial charge in [0.1, 0.15) is 5.60 Å². The molecule has 6 nitrogen and oxygen atoms in total. The number of carbonyl (C=O) groups excluding carboxylic acids is 1. The van der Waals surface area contributed by atoms with Gasteiger partial charge < -0.3 is 20.5 Å². The van der Waals surface area contributed by atoms with Crippen LogP contribution in [0.5, 0.6) is 0 Å². The third kappa shape index (κ3) is 6.42. The van der Waals surface area contributed by atoms with Crippen molar-refractivity contribution in [3.8, 4) is 0 Å². The second kappa shape index (κ2) is 6.75. The number of piperidine rings is 1. The molecule has 1 saturated heterocycles. The molecule has 1 fully saturated rings. The molecule has 1 aliphatic heterocycles. The first-order valence-corrected chi connectivity index (χ1v) is 6.72. The highest BCUT2D eigenvalue weighted by Gasteiger charge is 2.28. The molecule has 0 spiro atoms. The van der Waals surface area contributed by atoms with Gasteiger partial charge in [-0.05, 0) is 40.2 Å². The van der Waals surface area contributed by atoms with E-state index in [1.165, 1.54) is 0 Å². The van der Waals surface area contributed by atoms with Crippen molar-refractivity contribution >= 4 is 12.1 Å². The van der Waals surface area contributed by atoms with E-state index < -0.39 is 23.7 Å². The minimum absolute atomic E-state index is 0.00244. The number of alkyl carbamates (subject to hydrolysis) is 1. The number of carboxylic acid groups (broad SMARTS) is 1. The fourth-order valence-electron chi connectivity index (χ4n) is 2.16. The minimum Gasteiger partial charge on any atom is -0.481 e. The molecule has 1 heterocycles. The van der Waals surface area contributed by atoms with Gasteiger partial charge in [-0.2, -0.15) is 0 Å². The van der Waals surface area contributed by atoms with Gasteiger partial charge in [0.15, 0.2) is 0 Å². The zero-order chi connectivity index (χ0) is 14.5. The Morgan fingerprint density at radius 2 is 2.11 bits per heavy atom. The lowest BCUT2D eigenvalue weighted by Crippen LogP contribution is -2.53. The van der Waals surface area contributed by atoms with Gasteiger partial charge >= 0.3 is 12.1 Å². The molecule has 6 heteroatoms. The molecule has 0 aromatic heterocycles. The molecule has 0 bridgehead atoms. The quantitative estimate of drug-likeness (QED) is 0.722. The Kier molecular flexibility index (Phi) is 5.60. The van der Waals surface area contributed by atoms with Crippen molar-refractivity contribution in [1.29, 1.82) is 0 Å². The molecule has 1 amide bonds. The molecule has 3 N–H and O–H groups in total. The van der Waals surface area contributed by atoms with E-state index in [9.17, 15) is 9.59 Å². The zero-order valence-corrected chi connectivity index (χ0v) is 11.9. The Hall–Kier alpha value is -1.30. The molecule has 110 valence electrons. The van der Waals surface area contributed by atoms with Crippen LogP contribution in [0.15, 0.2) is 0 Å². The molecule has 19 heavy (non-hydrogen) atoms. The highest BCUT2D eigenvalue weighted by Crippen LogP contribution is 2.14. The van der Waals surface area contributed by atoms with Crippen molar-refractivity contribution < 1.29 is 19.4 Å². The number of carbonyl (C=O) groups is 2. The number of amides is 1. The number of nitrogens with one attached hydrogen (secondary N) is 2. The van der Waals surface area contributed by atoms with Crippen LogP contribution in [0, 0.1) is 0 Å². The number of rotatable bonds is 4. The number of carboxylic acids is 1. The molecule has 0 unspecified atom stereocenters. The predicted molar refractivity (Wildman–Crippen MR) is 71.1 cm³/mol. The summed E-state index contributed by atoms with van der Waals surface area (Å²) in [4.78, 5) is 22.6. The smallest absolute Gasteiger partial charge is 0.407 e. The number of ether oxygens (including phenoxy) is 1. The molecule has 1 aliphatic rings. The largest absolute Gasteiger partial charge is 0.481 e. The second-order valence-corrected chi connectivity index (χ2v) is 5.91. The van der Waals surface area contributed by atoms with Crippen LogP contribution in [0.3, 0.4) is 0 Å². The molecule has 0 saturated carbocycles. The van der Waals surface area contributed by atoms with Gasteiger partial charge in [0, 0.05) is 6.04 Å². The van der Waals surface area contributed by atoms with E-state index in [0.29, 0.717) is 0 Å². The number of aliphatic carboxylic acids is 1. The average molecular weight is 272 g/mol. The molecule has 0 radical (unpaired) electrons. The third-order valence-corrected chi connectivity index (χ3v) is 2.93. The van der Waals surface area contributed by atoms with Gasteiger partial charge in [-0.3, -0.25) is 4.79 Å². The third-order valence-electron chi connectivity index (χ3n) is 2.93. The Labute approximate surface area is 113 Å². The second-order valence-electron chi connectivity index (χ2n) is 5.91. The van der Waals surface area contributed by atoms with E-state index in [1.54, 1.807) is 20.8 Å². The molecular weight excluding hydrogens is 248 g/mol. The summed E-state index contributed by atoms with van der Waals surface area (Å²) in [6.07, 6.45) is 2.34. The van der Waals surface area contributed by atoms with Crippen LogP contribution in [0.4, 0.5) is 4.79 Å². The topological polar surface area (TPSA) is 87.7 Å². The van der Waals surface area contributed by atoms with E-state index >= 15 is 0 Å². The maximum absolute atomic E-state index is 11.7. The normalized spacial score (nSPS) is 21.5. The molecule has 0 aromatic carbocycles. The van der Waals surface area contributed by atoms with Crippen molar-refractivity contribution in [3.05, 3.63) is 0 Å². The van der Waals surface area contributed by atoms with Crippen molar-refractivity contribution in [2.75, 3.05) is 6.54 Å². The Balaban J connectivity index is 2.58. The van der Waals surface area contributed by atoms with Gasteiger partial charge in [-0.25, -0.2) is 4.79 Å². The summed E-state index contributed by atoms with van der Waals surface area (Å²) in [6, 6.07) is -0.440. The molecule has 2 atom stereocenters. The summed E-state index contributed by atoms with van der Waals surface area (Å²) in [6.45, 7) is 6.18. The maximum atomic E-state index is 11.7. The van der Waals surface area contributed by atoms with Crippen molar-refractivity contribution in [1.82, 2.24) is 10.6 Å². The molecular formula is C13H24N2O4. The van der Waals surface area contributed by atoms with Gasteiger partial charge in [0.25, 0.3) is 0 Å². The highest BCUT2D eigenvalue weighted by atomic mass is 16.6. The van der Waals surface area contributed by atoms with E-state index in [2.05, 4.69) is 10.6 Å². The first-order chi connectivity index (χ1) is 8.78. The van der Waals surface area contributed by atoms with E-state index in [0.717, 1.165) is 25.8 Å². The van der Waals surface area contributed by atoms with Crippen molar-refractivity contribution in [2.24, 2.45) is 0 Å². The predicted octanol–water partition coefficient (Wildman–Crippen LogP) is 1.50. The van der Waals surface area contributed by atoms with Gasteiger partial charge in [0.05, 0.1) is 12.5 Å². The van der Waals surface area contributed by atoms with E-state index in [4.69, 9.17) is 9.84 Å². The lowest BCUT2D eigenvalue weighted by atomic mass is 9.96. The first-order valence-electron chi connectivity index (χ1n) is 6.72. The SMILES string of the molecule is CC(C)(C)OC(=O)N[C@@H](CC(=O)O)[C@H]1CCCCN1. The lowest BCUT2D eigenvalue weighted by molar-refractivity contribution is -0.137. The standard InChI is InChI=1S/C13H24N2O4/c1-13(2,3)19-12(18)15-10(8-11(16)17)9-6-4-5-7-14-9/h9-10,14H,4-8H2,1-3H3,(H,15,18)(H,16,17)/t9-,10+/m1/s1. The van der Waals surface area contributed by atoms with E-state index in [1.807, 2.05) is 0 Å². The van der Waals surface area contributed by atoms with Crippen LogP contribution in [0.25, 0.3) is 0 Å².